The van der Waals surface area contributed by atoms with Gasteiger partial charge >= 0.3 is 11.7 Å². The molecular formula is C12H9BrN2O4. The molecule has 0 aliphatic heterocycles. The van der Waals surface area contributed by atoms with E-state index in [0.717, 1.165) is 0 Å². The van der Waals surface area contributed by atoms with E-state index in [9.17, 15) is 14.4 Å². The van der Waals surface area contributed by atoms with Gasteiger partial charge < -0.3 is 5.11 Å². The fraction of sp³-hybridized carbons (Fsp3) is 0.0833. The molecule has 1 heterocycles. The van der Waals surface area contributed by atoms with E-state index in [-0.39, 0.29) is 16.6 Å². The Labute approximate surface area is 115 Å². The number of halogens is 1. The van der Waals surface area contributed by atoms with E-state index in [2.05, 4.69) is 20.9 Å². The second-order valence-corrected chi connectivity index (χ2v) is 4.68. The molecule has 0 unspecified atom stereocenters. The second-order valence-electron chi connectivity index (χ2n) is 3.83. The van der Waals surface area contributed by atoms with Crippen molar-refractivity contribution in [2.45, 2.75) is 6.54 Å². The lowest BCUT2D eigenvalue weighted by atomic mass is 10.1. The molecule has 0 spiro atoms. The maximum Gasteiger partial charge on any atom is 0.336 e. The Morgan fingerprint density at radius 2 is 2.00 bits per heavy atom. The van der Waals surface area contributed by atoms with Gasteiger partial charge in [0, 0.05) is 6.20 Å². The Bertz CT molecular complexity index is 748. The molecule has 0 aliphatic carbocycles. The molecule has 98 valence electrons. The highest BCUT2D eigenvalue weighted by molar-refractivity contribution is 9.10. The van der Waals surface area contributed by atoms with Gasteiger partial charge in [0.05, 0.1) is 16.6 Å². The molecule has 2 rings (SSSR count). The Morgan fingerprint density at radius 3 is 2.68 bits per heavy atom. The monoisotopic (exact) mass is 324 g/mol. The van der Waals surface area contributed by atoms with E-state index in [0.29, 0.717) is 5.56 Å². The van der Waals surface area contributed by atoms with Crippen LogP contribution < -0.4 is 11.2 Å². The van der Waals surface area contributed by atoms with Crippen molar-refractivity contribution < 1.29 is 9.90 Å². The number of aromatic nitrogens is 2. The van der Waals surface area contributed by atoms with Crippen molar-refractivity contribution in [3.8, 4) is 0 Å². The van der Waals surface area contributed by atoms with E-state index in [1.807, 2.05) is 0 Å². The van der Waals surface area contributed by atoms with Gasteiger partial charge in [-0.05, 0) is 27.6 Å². The molecule has 0 aliphatic rings. The molecule has 2 aromatic rings. The molecule has 1 aromatic carbocycles. The fourth-order valence-corrected chi connectivity index (χ4v) is 2.00. The summed E-state index contributed by atoms with van der Waals surface area (Å²) in [6.07, 6.45) is 1.33. The average molecular weight is 325 g/mol. The molecule has 19 heavy (non-hydrogen) atoms. The van der Waals surface area contributed by atoms with Crippen LogP contribution in [0.2, 0.25) is 0 Å². The summed E-state index contributed by atoms with van der Waals surface area (Å²) in [4.78, 5) is 36.0. The highest BCUT2D eigenvalue weighted by atomic mass is 79.9. The topological polar surface area (TPSA) is 92.2 Å². The lowest BCUT2D eigenvalue weighted by molar-refractivity contribution is 0.0695. The quantitative estimate of drug-likeness (QED) is 0.882. The zero-order valence-electron chi connectivity index (χ0n) is 9.59. The number of carboxylic acid groups (broad SMARTS) is 1. The van der Waals surface area contributed by atoms with Crippen LogP contribution in [0.15, 0.2) is 44.5 Å². The molecule has 1 aromatic heterocycles. The highest BCUT2D eigenvalue weighted by Gasteiger charge is 2.10. The summed E-state index contributed by atoms with van der Waals surface area (Å²) in [7, 11) is 0. The summed E-state index contributed by atoms with van der Waals surface area (Å²) in [5.41, 5.74) is -0.506. The van der Waals surface area contributed by atoms with Crippen molar-refractivity contribution in [2.24, 2.45) is 0 Å². The van der Waals surface area contributed by atoms with E-state index < -0.39 is 17.2 Å². The summed E-state index contributed by atoms with van der Waals surface area (Å²) in [6.45, 7) is 0.0662. The number of carboxylic acids is 1. The van der Waals surface area contributed by atoms with E-state index in [1.54, 1.807) is 18.2 Å². The van der Waals surface area contributed by atoms with Crippen LogP contribution >= 0.6 is 15.9 Å². The van der Waals surface area contributed by atoms with Crippen LogP contribution in [0.25, 0.3) is 0 Å². The predicted molar refractivity (Wildman–Crippen MR) is 71.5 cm³/mol. The largest absolute Gasteiger partial charge is 0.478 e. The molecule has 2 N–H and O–H groups in total. The molecule has 6 nitrogen and oxygen atoms in total. The number of benzene rings is 1. The summed E-state index contributed by atoms with van der Waals surface area (Å²) >= 11 is 3.02. The maximum atomic E-state index is 11.6. The van der Waals surface area contributed by atoms with Gasteiger partial charge in [0.25, 0.3) is 5.56 Å². The summed E-state index contributed by atoms with van der Waals surface area (Å²) in [5.74, 6) is -1.06. The zero-order chi connectivity index (χ0) is 14.0. The maximum absolute atomic E-state index is 11.6. The Kier molecular flexibility index (Phi) is 3.66. The average Bonchev–Trinajstić information content (AvgIpc) is 2.36. The standard InChI is InChI=1S/C12H9BrN2O4/c13-9-6-15(12(19)14-10(9)16)5-7-3-1-2-4-8(7)11(17)18/h1-4,6H,5H2,(H,17,18)(H,14,16,19). The number of rotatable bonds is 3. The number of aromatic carboxylic acids is 1. The van der Waals surface area contributed by atoms with Crippen LogP contribution in [0.1, 0.15) is 15.9 Å². The van der Waals surface area contributed by atoms with Crippen LogP contribution in [-0.4, -0.2) is 20.6 Å². The highest BCUT2D eigenvalue weighted by Crippen LogP contribution is 2.10. The number of carbonyl (C=O) groups is 1. The van der Waals surface area contributed by atoms with Gasteiger partial charge in [0.2, 0.25) is 0 Å². The normalized spacial score (nSPS) is 10.4. The van der Waals surface area contributed by atoms with Gasteiger partial charge in [-0.15, -0.1) is 0 Å². The molecule has 0 saturated heterocycles. The Morgan fingerprint density at radius 1 is 1.32 bits per heavy atom. The van der Waals surface area contributed by atoms with Gasteiger partial charge in [-0.3, -0.25) is 14.3 Å². The van der Waals surface area contributed by atoms with Crippen LogP contribution in [0, 0.1) is 0 Å². The third-order valence-electron chi connectivity index (χ3n) is 2.56. The second kappa shape index (κ2) is 5.23. The summed E-state index contributed by atoms with van der Waals surface area (Å²) in [5, 5.41) is 9.06. The lowest BCUT2D eigenvalue weighted by Crippen LogP contribution is -2.30. The number of aromatic amines is 1. The lowest BCUT2D eigenvalue weighted by Gasteiger charge is -2.08. The van der Waals surface area contributed by atoms with Gasteiger partial charge in [-0.2, -0.15) is 0 Å². The van der Waals surface area contributed by atoms with Crippen LogP contribution in [-0.2, 0) is 6.54 Å². The van der Waals surface area contributed by atoms with E-state index in [1.165, 1.54) is 16.8 Å². The third kappa shape index (κ3) is 2.82. The zero-order valence-corrected chi connectivity index (χ0v) is 11.2. The summed E-state index contributed by atoms with van der Waals surface area (Å²) in [6, 6.07) is 6.38. The number of hydrogen-bond acceptors (Lipinski definition) is 3. The first-order valence-corrected chi connectivity index (χ1v) is 6.09. The van der Waals surface area contributed by atoms with Crippen LogP contribution in [0.4, 0.5) is 0 Å². The number of nitrogens with zero attached hydrogens (tertiary/aromatic N) is 1. The first-order chi connectivity index (χ1) is 8.99. The molecule has 7 heteroatoms. The van der Waals surface area contributed by atoms with Crippen molar-refractivity contribution in [2.75, 3.05) is 0 Å². The summed E-state index contributed by atoms with van der Waals surface area (Å²) < 4.78 is 1.44. The first-order valence-electron chi connectivity index (χ1n) is 5.29. The molecule has 0 bridgehead atoms. The third-order valence-corrected chi connectivity index (χ3v) is 3.12. The Hall–Kier alpha value is -2.15. The Balaban J connectivity index is 2.48. The van der Waals surface area contributed by atoms with Crippen molar-refractivity contribution >= 4 is 21.9 Å². The number of hydrogen-bond donors (Lipinski definition) is 2. The minimum atomic E-state index is -1.06. The van der Waals surface area contributed by atoms with Gasteiger partial charge in [0.1, 0.15) is 0 Å². The SMILES string of the molecule is O=C(O)c1ccccc1Cn1cc(Br)c(=O)[nH]c1=O. The molecular weight excluding hydrogens is 316 g/mol. The molecule has 0 amide bonds. The van der Waals surface area contributed by atoms with Crippen LogP contribution in [0.3, 0.4) is 0 Å². The minimum Gasteiger partial charge on any atom is -0.478 e. The van der Waals surface area contributed by atoms with Crippen LogP contribution in [0.5, 0.6) is 0 Å². The smallest absolute Gasteiger partial charge is 0.336 e. The van der Waals surface area contributed by atoms with Gasteiger partial charge in [0.15, 0.2) is 0 Å². The molecule has 0 fully saturated rings. The number of H-pyrrole nitrogens is 1. The van der Waals surface area contributed by atoms with Crippen molar-refractivity contribution in [3.05, 3.63) is 66.9 Å². The van der Waals surface area contributed by atoms with E-state index in [4.69, 9.17) is 5.11 Å². The molecule has 0 radical (unpaired) electrons. The number of nitrogens with one attached hydrogen (secondary N) is 1. The van der Waals surface area contributed by atoms with Gasteiger partial charge in [-0.1, -0.05) is 18.2 Å². The first kappa shape index (κ1) is 13.3. The van der Waals surface area contributed by atoms with Crippen molar-refractivity contribution in [1.82, 2.24) is 9.55 Å². The molecule has 0 saturated carbocycles. The van der Waals surface area contributed by atoms with Crippen molar-refractivity contribution in [1.29, 1.82) is 0 Å². The van der Waals surface area contributed by atoms with E-state index >= 15 is 0 Å². The minimum absolute atomic E-state index is 0.0662. The molecule has 0 atom stereocenters. The predicted octanol–water partition coefficient (Wildman–Crippen LogP) is 1.05. The fourth-order valence-electron chi connectivity index (χ4n) is 1.65. The van der Waals surface area contributed by atoms with Gasteiger partial charge in [-0.25, -0.2) is 9.59 Å². The van der Waals surface area contributed by atoms with Crippen molar-refractivity contribution in [3.63, 3.8) is 0 Å².